The summed E-state index contributed by atoms with van der Waals surface area (Å²) < 4.78 is 0. The van der Waals surface area contributed by atoms with Crippen LogP contribution in [0.15, 0.2) is 0 Å². The Morgan fingerprint density at radius 3 is 2.10 bits per heavy atom. The van der Waals surface area contributed by atoms with Crippen LogP contribution in [0.5, 0.6) is 0 Å². The van der Waals surface area contributed by atoms with E-state index in [9.17, 15) is 9.59 Å². The Kier molecular flexibility index (Phi) is 9.21. The van der Waals surface area contributed by atoms with Crippen molar-refractivity contribution >= 4 is 11.8 Å². The lowest BCUT2D eigenvalue weighted by Gasteiger charge is -2.19. The normalized spacial score (nSPS) is 14.2. The van der Waals surface area contributed by atoms with E-state index in [4.69, 9.17) is 5.73 Å². The largest absolute Gasteiger partial charge is 0.354 e. The number of nitrogens with two attached hydrogens (primary N) is 1. The van der Waals surface area contributed by atoms with Gasteiger partial charge in [0.15, 0.2) is 0 Å². The van der Waals surface area contributed by atoms with Gasteiger partial charge in [0.2, 0.25) is 11.8 Å². The third-order valence-corrected chi connectivity index (χ3v) is 3.07. The summed E-state index contributed by atoms with van der Waals surface area (Å²) >= 11 is 0. The number of amides is 2. The summed E-state index contributed by atoms with van der Waals surface area (Å²) in [5.74, 6) is 0.854. The molecule has 0 bridgehead atoms. The highest BCUT2D eigenvalue weighted by molar-refractivity contribution is 5.87. The van der Waals surface area contributed by atoms with Crippen molar-refractivity contribution in [1.29, 1.82) is 0 Å². The van der Waals surface area contributed by atoms with Gasteiger partial charge in [-0.2, -0.15) is 0 Å². The molecule has 0 saturated carbocycles. The summed E-state index contributed by atoms with van der Waals surface area (Å²) in [6.07, 6.45) is 1.31. The molecule has 0 heterocycles. The van der Waals surface area contributed by atoms with E-state index < -0.39 is 6.04 Å². The van der Waals surface area contributed by atoms with Crippen molar-refractivity contribution in [2.75, 3.05) is 13.1 Å². The van der Waals surface area contributed by atoms with Crippen molar-refractivity contribution in [3.63, 3.8) is 0 Å². The highest BCUT2D eigenvalue weighted by Crippen LogP contribution is 2.14. The number of hydrogen-bond acceptors (Lipinski definition) is 3. The lowest BCUT2D eigenvalue weighted by Crippen LogP contribution is -2.46. The molecular weight excluding hydrogens is 254 g/mol. The van der Waals surface area contributed by atoms with E-state index in [1.54, 1.807) is 6.92 Å². The van der Waals surface area contributed by atoms with Crippen molar-refractivity contribution in [2.24, 2.45) is 23.5 Å². The zero-order chi connectivity index (χ0) is 15.7. The third kappa shape index (κ3) is 8.91. The molecule has 20 heavy (non-hydrogen) atoms. The van der Waals surface area contributed by atoms with Crippen LogP contribution in [-0.2, 0) is 9.59 Å². The van der Waals surface area contributed by atoms with E-state index in [0.29, 0.717) is 31.3 Å². The smallest absolute Gasteiger partial charge is 0.242 e. The Morgan fingerprint density at radius 2 is 1.65 bits per heavy atom. The molecule has 118 valence electrons. The molecular formula is C15H31N3O2. The maximum absolute atomic E-state index is 11.9. The molecule has 0 aliphatic heterocycles. The Hall–Kier alpha value is -1.10. The second-order valence-electron chi connectivity index (χ2n) is 6.36. The zero-order valence-corrected chi connectivity index (χ0v) is 13.5. The highest BCUT2D eigenvalue weighted by Gasteiger charge is 2.18. The number of carbonyl (C=O) groups is 2. The summed E-state index contributed by atoms with van der Waals surface area (Å²) in [4.78, 5) is 23.7. The number of nitrogens with one attached hydrogen (secondary N) is 2. The maximum Gasteiger partial charge on any atom is 0.242 e. The van der Waals surface area contributed by atoms with Crippen LogP contribution in [0.4, 0.5) is 0 Å². The molecule has 2 amide bonds. The van der Waals surface area contributed by atoms with Crippen LogP contribution in [0, 0.1) is 17.8 Å². The third-order valence-electron chi connectivity index (χ3n) is 3.07. The molecule has 0 aromatic carbocycles. The van der Waals surface area contributed by atoms with Crippen molar-refractivity contribution < 1.29 is 9.59 Å². The molecule has 0 saturated heterocycles. The lowest BCUT2D eigenvalue weighted by molar-refractivity contribution is -0.129. The number of rotatable bonds is 9. The fourth-order valence-corrected chi connectivity index (χ4v) is 2.02. The van der Waals surface area contributed by atoms with E-state index in [1.165, 1.54) is 0 Å². The van der Waals surface area contributed by atoms with Crippen LogP contribution in [0.25, 0.3) is 0 Å². The van der Waals surface area contributed by atoms with Crippen LogP contribution >= 0.6 is 0 Å². The van der Waals surface area contributed by atoms with Crippen molar-refractivity contribution in [1.82, 2.24) is 10.6 Å². The Labute approximate surface area is 123 Å². The van der Waals surface area contributed by atoms with Gasteiger partial charge in [0.05, 0.1) is 0 Å². The van der Waals surface area contributed by atoms with Gasteiger partial charge >= 0.3 is 0 Å². The van der Waals surface area contributed by atoms with Crippen LogP contribution in [0.1, 0.15) is 47.5 Å². The summed E-state index contributed by atoms with van der Waals surface area (Å²) in [7, 11) is 0. The quantitative estimate of drug-likeness (QED) is 0.596. The van der Waals surface area contributed by atoms with Gasteiger partial charge in [-0.25, -0.2) is 0 Å². The first kappa shape index (κ1) is 18.9. The van der Waals surface area contributed by atoms with Gasteiger partial charge in [0, 0.05) is 13.0 Å². The number of carbonyl (C=O) groups excluding carboxylic acids is 2. The Morgan fingerprint density at radius 1 is 1.05 bits per heavy atom. The van der Waals surface area contributed by atoms with E-state index in [0.717, 1.165) is 6.42 Å². The molecule has 0 spiro atoms. The predicted molar refractivity (Wildman–Crippen MR) is 82.1 cm³/mol. The fraction of sp³-hybridized carbons (Fsp3) is 0.867. The van der Waals surface area contributed by atoms with Crippen LogP contribution in [0.3, 0.4) is 0 Å². The van der Waals surface area contributed by atoms with Crippen molar-refractivity contribution in [3.8, 4) is 0 Å². The molecule has 0 radical (unpaired) electrons. The molecule has 2 unspecified atom stereocenters. The summed E-state index contributed by atoms with van der Waals surface area (Å²) in [5.41, 5.74) is 5.68. The average molecular weight is 285 g/mol. The van der Waals surface area contributed by atoms with E-state index in [-0.39, 0.29) is 17.7 Å². The first-order valence-corrected chi connectivity index (χ1v) is 7.53. The van der Waals surface area contributed by atoms with Crippen LogP contribution in [0.2, 0.25) is 0 Å². The van der Waals surface area contributed by atoms with Crippen molar-refractivity contribution in [2.45, 2.75) is 53.5 Å². The van der Waals surface area contributed by atoms with Gasteiger partial charge in [-0.1, -0.05) is 27.7 Å². The molecule has 0 aliphatic rings. The molecule has 0 rings (SSSR count). The minimum absolute atomic E-state index is 0.103. The molecule has 5 heteroatoms. The highest BCUT2D eigenvalue weighted by atomic mass is 16.2. The lowest BCUT2D eigenvalue weighted by atomic mass is 9.94. The average Bonchev–Trinajstić information content (AvgIpc) is 2.34. The minimum atomic E-state index is -0.501. The van der Waals surface area contributed by atoms with E-state index in [1.807, 2.05) is 13.8 Å². The van der Waals surface area contributed by atoms with Gasteiger partial charge < -0.3 is 16.4 Å². The molecule has 0 aromatic rings. The zero-order valence-electron chi connectivity index (χ0n) is 13.5. The molecule has 2 atom stereocenters. The van der Waals surface area contributed by atoms with Crippen LogP contribution < -0.4 is 16.4 Å². The summed E-state index contributed by atoms with van der Waals surface area (Å²) in [6, 6.07) is -0.501. The summed E-state index contributed by atoms with van der Waals surface area (Å²) in [6.45, 7) is 11.1. The van der Waals surface area contributed by atoms with Gasteiger partial charge in [0.1, 0.15) is 6.04 Å². The SMILES string of the molecule is CC(C)CNC(=O)C(C)NC(=O)CC(CN)CC(C)C. The van der Waals surface area contributed by atoms with Gasteiger partial charge in [-0.15, -0.1) is 0 Å². The van der Waals surface area contributed by atoms with E-state index >= 15 is 0 Å². The maximum atomic E-state index is 11.9. The van der Waals surface area contributed by atoms with Gasteiger partial charge in [-0.05, 0) is 37.6 Å². The summed E-state index contributed by atoms with van der Waals surface area (Å²) in [5, 5.41) is 5.54. The standard InChI is InChI=1S/C15H31N3O2/c1-10(2)6-13(8-16)7-14(19)18-12(5)15(20)17-9-11(3)4/h10-13H,6-9,16H2,1-5H3,(H,17,20)(H,18,19). The van der Waals surface area contributed by atoms with Gasteiger partial charge in [-0.3, -0.25) is 9.59 Å². The first-order chi connectivity index (χ1) is 9.26. The topological polar surface area (TPSA) is 84.2 Å². The monoisotopic (exact) mass is 285 g/mol. The second-order valence-corrected chi connectivity index (χ2v) is 6.36. The molecule has 0 fully saturated rings. The molecule has 0 aliphatic carbocycles. The molecule has 0 aromatic heterocycles. The van der Waals surface area contributed by atoms with Crippen molar-refractivity contribution in [3.05, 3.63) is 0 Å². The number of hydrogen-bond donors (Lipinski definition) is 3. The minimum Gasteiger partial charge on any atom is -0.354 e. The van der Waals surface area contributed by atoms with E-state index in [2.05, 4.69) is 24.5 Å². The van der Waals surface area contributed by atoms with Gasteiger partial charge in [0.25, 0.3) is 0 Å². The second kappa shape index (κ2) is 9.75. The first-order valence-electron chi connectivity index (χ1n) is 7.53. The predicted octanol–water partition coefficient (Wildman–Crippen LogP) is 1.27. The molecule has 4 N–H and O–H groups in total. The Balaban J connectivity index is 4.14. The Bertz CT molecular complexity index is 303. The van der Waals surface area contributed by atoms with Crippen LogP contribution in [-0.4, -0.2) is 30.9 Å². The molecule has 5 nitrogen and oxygen atoms in total. The fourth-order valence-electron chi connectivity index (χ4n) is 2.02.